The van der Waals surface area contributed by atoms with Crippen molar-refractivity contribution in [3.8, 4) is 0 Å². The predicted octanol–water partition coefficient (Wildman–Crippen LogP) is 2.31. The molecule has 1 aromatic carbocycles. The van der Waals surface area contributed by atoms with Crippen LogP contribution in [0.1, 0.15) is 39.2 Å². The quantitative estimate of drug-likeness (QED) is 0.797. The van der Waals surface area contributed by atoms with Crippen molar-refractivity contribution < 1.29 is 13.2 Å². The van der Waals surface area contributed by atoms with Gasteiger partial charge in [-0.15, -0.1) is 0 Å². The SMILES string of the molecule is CCC[C@@H](C)NC(=O)CN(CC)S(=O)(=O)c1ccc(C)cc1. The number of sulfonamides is 1. The lowest BCUT2D eigenvalue weighted by atomic mass is 10.2. The first kappa shape index (κ1) is 18.6. The first-order valence-electron chi connectivity index (χ1n) is 7.67. The highest BCUT2D eigenvalue weighted by Crippen LogP contribution is 2.16. The van der Waals surface area contributed by atoms with Crippen molar-refractivity contribution in [2.75, 3.05) is 13.1 Å². The molecule has 1 rings (SSSR count). The summed E-state index contributed by atoms with van der Waals surface area (Å²) < 4.78 is 26.3. The van der Waals surface area contributed by atoms with E-state index in [9.17, 15) is 13.2 Å². The molecule has 0 aromatic heterocycles. The zero-order valence-corrected chi connectivity index (χ0v) is 14.6. The molecule has 0 spiro atoms. The van der Waals surface area contributed by atoms with Crippen LogP contribution in [0, 0.1) is 6.92 Å². The van der Waals surface area contributed by atoms with Gasteiger partial charge in [0.2, 0.25) is 15.9 Å². The number of amides is 1. The second-order valence-electron chi connectivity index (χ2n) is 5.50. The van der Waals surface area contributed by atoms with Gasteiger partial charge in [0, 0.05) is 12.6 Å². The molecule has 5 nitrogen and oxygen atoms in total. The van der Waals surface area contributed by atoms with Crippen LogP contribution >= 0.6 is 0 Å². The number of carbonyl (C=O) groups is 1. The summed E-state index contributed by atoms with van der Waals surface area (Å²) in [6.07, 6.45) is 1.85. The molecule has 0 radical (unpaired) electrons. The molecule has 0 aliphatic carbocycles. The van der Waals surface area contributed by atoms with E-state index in [1.165, 1.54) is 4.31 Å². The number of likely N-dealkylation sites (N-methyl/N-ethyl adjacent to an activating group) is 1. The van der Waals surface area contributed by atoms with Gasteiger partial charge in [-0.25, -0.2) is 8.42 Å². The lowest BCUT2D eigenvalue weighted by Crippen LogP contribution is -2.43. The molecule has 6 heteroatoms. The minimum Gasteiger partial charge on any atom is -0.353 e. The molecule has 1 aromatic rings. The summed E-state index contributed by atoms with van der Waals surface area (Å²) in [6, 6.07) is 6.71. The number of benzene rings is 1. The summed E-state index contributed by atoms with van der Waals surface area (Å²) in [5, 5.41) is 2.83. The summed E-state index contributed by atoms with van der Waals surface area (Å²) in [5.74, 6) is -0.265. The largest absolute Gasteiger partial charge is 0.353 e. The van der Waals surface area contributed by atoms with Gasteiger partial charge in [0.25, 0.3) is 0 Å². The van der Waals surface area contributed by atoms with Crippen LogP contribution in [0.25, 0.3) is 0 Å². The average molecular weight is 326 g/mol. The molecule has 0 unspecified atom stereocenters. The molecule has 0 aliphatic rings. The molecule has 124 valence electrons. The maximum absolute atomic E-state index is 12.6. The highest BCUT2D eigenvalue weighted by Gasteiger charge is 2.25. The van der Waals surface area contributed by atoms with Crippen LogP contribution in [0.2, 0.25) is 0 Å². The Morgan fingerprint density at radius 3 is 2.32 bits per heavy atom. The van der Waals surface area contributed by atoms with Crippen LogP contribution in [0.5, 0.6) is 0 Å². The van der Waals surface area contributed by atoms with Crippen molar-refractivity contribution in [2.45, 2.75) is 51.5 Å². The number of carbonyl (C=O) groups excluding carboxylic acids is 1. The Morgan fingerprint density at radius 1 is 1.23 bits per heavy atom. The zero-order chi connectivity index (χ0) is 16.8. The van der Waals surface area contributed by atoms with Gasteiger partial charge in [-0.05, 0) is 32.4 Å². The van der Waals surface area contributed by atoms with Crippen molar-refractivity contribution in [2.24, 2.45) is 0 Å². The van der Waals surface area contributed by atoms with Gasteiger partial charge < -0.3 is 5.32 Å². The smallest absolute Gasteiger partial charge is 0.243 e. The van der Waals surface area contributed by atoms with Crippen LogP contribution in [0.15, 0.2) is 29.2 Å². The first-order chi connectivity index (χ1) is 10.3. The van der Waals surface area contributed by atoms with E-state index < -0.39 is 10.0 Å². The van der Waals surface area contributed by atoms with Gasteiger partial charge in [0.05, 0.1) is 11.4 Å². The van der Waals surface area contributed by atoms with Crippen LogP contribution in [0.3, 0.4) is 0 Å². The summed E-state index contributed by atoms with van der Waals surface area (Å²) in [7, 11) is -3.64. The van der Waals surface area contributed by atoms with Gasteiger partial charge in [-0.2, -0.15) is 4.31 Å². The number of nitrogens with one attached hydrogen (secondary N) is 1. The van der Waals surface area contributed by atoms with Gasteiger partial charge in [-0.1, -0.05) is 38.0 Å². The van der Waals surface area contributed by atoms with Gasteiger partial charge in [0.15, 0.2) is 0 Å². The maximum Gasteiger partial charge on any atom is 0.243 e. The van der Waals surface area contributed by atoms with Gasteiger partial charge in [-0.3, -0.25) is 4.79 Å². The number of hydrogen-bond donors (Lipinski definition) is 1. The van der Waals surface area contributed by atoms with E-state index in [1.807, 2.05) is 20.8 Å². The molecule has 1 N–H and O–H groups in total. The third kappa shape index (κ3) is 5.10. The van der Waals surface area contributed by atoms with E-state index in [0.29, 0.717) is 0 Å². The molecule has 0 saturated heterocycles. The molecule has 0 fully saturated rings. The van der Waals surface area contributed by atoms with E-state index >= 15 is 0 Å². The zero-order valence-electron chi connectivity index (χ0n) is 13.8. The molecular formula is C16H26N2O3S. The van der Waals surface area contributed by atoms with Crippen LogP contribution in [-0.4, -0.2) is 37.8 Å². The Labute approximate surface area is 133 Å². The van der Waals surface area contributed by atoms with Crippen LogP contribution in [-0.2, 0) is 14.8 Å². The maximum atomic E-state index is 12.6. The fourth-order valence-corrected chi connectivity index (χ4v) is 3.62. The molecule has 1 atom stereocenters. The standard InChI is InChI=1S/C16H26N2O3S/c1-5-7-14(4)17-16(19)12-18(6-2)22(20,21)15-10-8-13(3)9-11-15/h8-11,14H,5-7,12H2,1-4H3,(H,17,19)/t14-/m1/s1. The van der Waals surface area contributed by atoms with E-state index in [-0.39, 0.29) is 29.9 Å². The van der Waals surface area contributed by atoms with Crippen LogP contribution in [0.4, 0.5) is 0 Å². The lowest BCUT2D eigenvalue weighted by Gasteiger charge is -2.21. The third-order valence-electron chi connectivity index (χ3n) is 3.46. The molecule has 22 heavy (non-hydrogen) atoms. The van der Waals surface area contributed by atoms with Gasteiger partial charge in [0.1, 0.15) is 0 Å². The summed E-state index contributed by atoms with van der Waals surface area (Å²) in [6.45, 7) is 7.70. The lowest BCUT2D eigenvalue weighted by molar-refractivity contribution is -0.121. The Kier molecular flexibility index (Phi) is 7.03. The molecule has 1 amide bonds. The van der Waals surface area contributed by atoms with E-state index in [1.54, 1.807) is 31.2 Å². The molecule has 0 aliphatic heterocycles. The fourth-order valence-electron chi connectivity index (χ4n) is 2.21. The number of rotatable bonds is 8. The Hall–Kier alpha value is -1.40. The van der Waals surface area contributed by atoms with E-state index in [4.69, 9.17) is 0 Å². The Bertz CT molecular complexity index is 582. The average Bonchev–Trinajstić information content (AvgIpc) is 2.45. The highest BCUT2D eigenvalue weighted by molar-refractivity contribution is 7.89. The third-order valence-corrected chi connectivity index (χ3v) is 5.40. The van der Waals surface area contributed by atoms with Crippen molar-refractivity contribution >= 4 is 15.9 Å². The fraction of sp³-hybridized carbons (Fsp3) is 0.562. The minimum absolute atomic E-state index is 0.0540. The first-order valence-corrected chi connectivity index (χ1v) is 9.11. The normalized spacial score (nSPS) is 13.1. The summed E-state index contributed by atoms with van der Waals surface area (Å²) >= 11 is 0. The van der Waals surface area contributed by atoms with Crippen molar-refractivity contribution in [1.82, 2.24) is 9.62 Å². The Morgan fingerprint density at radius 2 is 1.82 bits per heavy atom. The second-order valence-corrected chi connectivity index (χ2v) is 7.44. The number of nitrogens with zero attached hydrogens (tertiary/aromatic N) is 1. The number of hydrogen-bond acceptors (Lipinski definition) is 3. The minimum atomic E-state index is -3.64. The molecule has 0 saturated carbocycles. The van der Waals surface area contributed by atoms with Crippen molar-refractivity contribution in [3.05, 3.63) is 29.8 Å². The number of aryl methyl sites for hydroxylation is 1. The molecular weight excluding hydrogens is 300 g/mol. The highest BCUT2D eigenvalue weighted by atomic mass is 32.2. The van der Waals surface area contributed by atoms with Crippen molar-refractivity contribution in [3.63, 3.8) is 0 Å². The summed E-state index contributed by atoms with van der Waals surface area (Å²) in [5.41, 5.74) is 0.994. The summed E-state index contributed by atoms with van der Waals surface area (Å²) in [4.78, 5) is 12.2. The monoisotopic (exact) mass is 326 g/mol. The molecule has 0 bridgehead atoms. The Balaban J connectivity index is 2.82. The van der Waals surface area contributed by atoms with Crippen LogP contribution < -0.4 is 5.32 Å². The van der Waals surface area contributed by atoms with E-state index in [0.717, 1.165) is 18.4 Å². The predicted molar refractivity (Wildman–Crippen MR) is 88.1 cm³/mol. The topological polar surface area (TPSA) is 66.5 Å². The van der Waals surface area contributed by atoms with E-state index in [2.05, 4.69) is 5.32 Å². The van der Waals surface area contributed by atoms with Gasteiger partial charge >= 0.3 is 0 Å². The van der Waals surface area contributed by atoms with Crippen molar-refractivity contribution in [1.29, 1.82) is 0 Å². The molecule has 0 heterocycles. The second kappa shape index (κ2) is 8.29.